The van der Waals surface area contributed by atoms with Crippen LogP contribution in [0.3, 0.4) is 0 Å². The summed E-state index contributed by atoms with van der Waals surface area (Å²) in [6.07, 6.45) is 3.96. The van der Waals surface area contributed by atoms with E-state index >= 15 is 0 Å². The number of rotatable bonds is 10. The molecule has 1 aromatic rings. The van der Waals surface area contributed by atoms with Crippen molar-refractivity contribution < 1.29 is 32.3 Å². The molecular weight excluding hydrogens is 434 g/mol. The second-order valence-electron chi connectivity index (χ2n) is 8.34. The summed E-state index contributed by atoms with van der Waals surface area (Å²) in [5, 5.41) is 0. The van der Waals surface area contributed by atoms with Gasteiger partial charge in [0.25, 0.3) is 5.91 Å². The van der Waals surface area contributed by atoms with Gasteiger partial charge in [0.15, 0.2) is 22.2 Å². The van der Waals surface area contributed by atoms with Gasteiger partial charge < -0.3 is 14.4 Å². The average Bonchev–Trinajstić information content (AvgIpc) is 3.41. The van der Waals surface area contributed by atoms with Crippen molar-refractivity contribution in [1.29, 1.82) is 0 Å². The number of hydrogen-bond donors (Lipinski definition) is 0. The van der Waals surface area contributed by atoms with Crippen molar-refractivity contribution in [1.82, 2.24) is 4.90 Å². The highest BCUT2D eigenvalue weighted by Crippen LogP contribution is 2.29. The number of sulfone groups is 1. The summed E-state index contributed by atoms with van der Waals surface area (Å²) >= 11 is 0. The van der Waals surface area contributed by atoms with Crippen molar-refractivity contribution in [3.63, 3.8) is 0 Å². The molecule has 32 heavy (non-hydrogen) atoms. The van der Waals surface area contributed by atoms with Crippen LogP contribution in [-0.4, -0.2) is 67.8 Å². The summed E-state index contributed by atoms with van der Waals surface area (Å²) < 4.78 is 34.3. The molecule has 1 aromatic carbocycles. The predicted octanol–water partition coefficient (Wildman–Crippen LogP) is 2.55. The first-order chi connectivity index (χ1) is 15.3. The quantitative estimate of drug-likeness (QED) is 0.386. The number of carbonyl (C=O) groups is 3. The Morgan fingerprint density at radius 1 is 1.00 bits per heavy atom. The largest absolute Gasteiger partial charge is 0.494 e. The molecule has 2 aliphatic rings. The van der Waals surface area contributed by atoms with Crippen LogP contribution in [0.1, 0.15) is 62.2 Å². The number of Topliss-reactive ketones (excluding diaryl/α,β-unsaturated/α-hetero) is 1. The molecule has 1 saturated heterocycles. The van der Waals surface area contributed by atoms with E-state index in [0.29, 0.717) is 24.3 Å². The van der Waals surface area contributed by atoms with Gasteiger partial charge in [-0.15, -0.1) is 0 Å². The van der Waals surface area contributed by atoms with E-state index in [4.69, 9.17) is 9.47 Å². The zero-order valence-corrected chi connectivity index (χ0v) is 19.3. The number of ether oxygens (including phenoxy) is 2. The molecule has 1 saturated carbocycles. The third-order valence-corrected chi connectivity index (χ3v) is 7.76. The maximum absolute atomic E-state index is 12.9. The number of carbonyl (C=O) groups excluding carboxylic acids is 3. The fraction of sp³-hybridized carbons (Fsp3) is 0.609. The van der Waals surface area contributed by atoms with Gasteiger partial charge >= 0.3 is 5.97 Å². The van der Waals surface area contributed by atoms with Crippen molar-refractivity contribution in [2.24, 2.45) is 0 Å². The standard InChI is InChI=1S/C23H31NO7S/c1-2-30-20-9-7-17(8-10-20)21(25)11-12-23(27)31-15-22(26)24(18-5-3-4-6-18)19-13-14-32(28,29)16-19/h7-10,18-19H,2-6,11-16H2,1H3. The molecule has 9 heteroatoms. The van der Waals surface area contributed by atoms with Gasteiger partial charge in [-0.1, -0.05) is 12.8 Å². The first-order valence-corrected chi connectivity index (χ1v) is 13.0. The maximum Gasteiger partial charge on any atom is 0.306 e. The lowest BCUT2D eigenvalue weighted by Gasteiger charge is -2.33. The highest BCUT2D eigenvalue weighted by atomic mass is 32.2. The highest BCUT2D eigenvalue weighted by molar-refractivity contribution is 7.91. The minimum Gasteiger partial charge on any atom is -0.494 e. The number of esters is 1. The summed E-state index contributed by atoms with van der Waals surface area (Å²) in [6, 6.07) is 6.36. The van der Waals surface area contributed by atoms with Crippen molar-refractivity contribution in [3.8, 4) is 5.75 Å². The molecule has 3 rings (SSSR count). The van der Waals surface area contributed by atoms with Gasteiger partial charge in [-0.2, -0.15) is 0 Å². The normalized spacial score (nSPS) is 20.1. The Balaban J connectivity index is 1.49. The Labute approximate surface area is 189 Å². The van der Waals surface area contributed by atoms with Crippen molar-refractivity contribution in [2.45, 2.75) is 64.0 Å². The molecule has 0 spiro atoms. The summed E-state index contributed by atoms with van der Waals surface area (Å²) in [6.45, 7) is 1.98. The first-order valence-electron chi connectivity index (χ1n) is 11.2. The van der Waals surface area contributed by atoms with Gasteiger partial charge in [-0.3, -0.25) is 14.4 Å². The lowest BCUT2D eigenvalue weighted by molar-refractivity contribution is -0.154. The predicted molar refractivity (Wildman–Crippen MR) is 118 cm³/mol. The lowest BCUT2D eigenvalue weighted by Crippen LogP contribution is -2.48. The van der Waals surface area contributed by atoms with Crippen LogP contribution in [0.5, 0.6) is 5.75 Å². The molecule has 0 bridgehead atoms. The van der Waals surface area contributed by atoms with E-state index in [9.17, 15) is 22.8 Å². The second-order valence-corrected chi connectivity index (χ2v) is 10.6. The van der Waals surface area contributed by atoms with Crippen LogP contribution in [-0.2, 0) is 24.2 Å². The topological polar surface area (TPSA) is 107 Å². The fourth-order valence-electron chi connectivity index (χ4n) is 4.44. The molecule has 1 unspecified atom stereocenters. The van der Waals surface area contributed by atoms with E-state index in [-0.39, 0.29) is 48.1 Å². The molecule has 1 amide bonds. The molecule has 8 nitrogen and oxygen atoms in total. The Bertz CT molecular complexity index is 920. The molecule has 1 atom stereocenters. The van der Waals surface area contributed by atoms with E-state index in [1.54, 1.807) is 29.2 Å². The van der Waals surface area contributed by atoms with Crippen LogP contribution in [0.15, 0.2) is 24.3 Å². The van der Waals surface area contributed by atoms with E-state index in [1.165, 1.54) is 0 Å². The monoisotopic (exact) mass is 465 g/mol. The minimum absolute atomic E-state index is 0.000685. The molecular formula is C23H31NO7S. The Kier molecular flexibility index (Phi) is 8.28. The molecule has 2 fully saturated rings. The number of ketones is 1. The third-order valence-electron chi connectivity index (χ3n) is 6.01. The number of amides is 1. The Morgan fingerprint density at radius 3 is 2.28 bits per heavy atom. The molecule has 1 aliphatic carbocycles. The third kappa shape index (κ3) is 6.54. The summed E-state index contributed by atoms with van der Waals surface area (Å²) in [5.41, 5.74) is 0.479. The van der Waals surface area contributed by atoms with Crippen LogP contribution in [0.25, 0.3) is 0 Å². The van der Waals surface area contributed by atoms with Gasteiger partial charge in [0.05, 0.1) is 24.5 Å². The summed E-state index contributed by atoms with van der Waals surface area (Å²) in [4.78, 5) is 38.9. The first kappa shape index (κ1) is 24.2. The van der Waals surface area contributed by atoms with E-state index in [2.05, 4.69) is 0 Å². The SMILES string of the molecule is CCOc1ccc(C(=O)CCC(=O)OCC(=O)N(C2CCCC2)C2CCS(=O)(=O)C2)cc1. The van der Waals surface area contributed by atoms with Crippen LogP contribution in [0.4, 0.5) is 0 Å². The fourth-order valence-corrected chi connectivity index (χ4v) is 6.15. The van der Waals surface area contributed by atoms with Crippen molar-refractivity contribution >= 4 is 27.5 Å². The molecule has 0 N–H and O–H groups in total. The lowest BCUT2D eigenvalue weighted by atomic mass is 10.1. The van der Waals surface area contributed by atoms with Crippen LogP contribution < -0.4 is 4.74 Å². The van der Waals surface area contributed by atoms with E-state index in [1.807, 2.05) is 6.92 Å². The second kappa shape index (κ2) is 10.9. The van der Waals surface area contributed by atoms with Crippen LogP contribution in [0.2, 0.25) is 0 Å². The number of nitrogens with zero attached hydrogens (tertiary/aromatic N) is 1. The van der Waals surface area contributed by atoms with Gasteiger partial charge in [-0.05, 0) is 50.5 Å². The van der Waals surface area contributed by atoms with Crippen molar-refractivity contribution in [2.75, 3.05) is 24.7 Å². The molecule has 176 valence electrons. The van der Waals surface area contributed by atoms with Gasteiger partial charge in [0.2, 0.25) is 0 Å². The van der Waals surface area contributed by atoms with Gasteiger partial charge in [0.1, 0.15) is 5.75 Å². The van der Waals surface area contributed by atoms with E-state index in [0.717, 1.165) is 25.7 Å². The van der Waals surface area contributed by atoms with Crippen molar-refractivity contribution in [3.05, 3.63) is 29.8 Å². The Hall–Kier alpha value is -2.42. The van der Waals surface area contributed by atoms with Gasteiger partial charge in [0, 0.05) is 24.1 Å². The van der Waals surface area contributed by atoms with Crippen LogP contribution >= 0.6 is 0 Å². The molecule has 0 radical (unpaired) electrons. The molecule has 0 aromatic heterocycles. The van der Waals surface area contributed by atoms with E-state index < -0.39 is 22.4 Å². The Morgan fingerprint density at radius 2 is 1.69 bits per heavy atom. The number of hydrogen-bond acceptors (Lipinski definition) is 7. The highest BCUT2D eigenvalue weighted by Gasteiger charge is 2.39. The average molecular weight is 466 g/mol. The number of benzene rings is 1. The molecule has 1 aliphatic heterocycles. The van der Waals surface area contributed by atoms with Gasteiger partial charge in [-0.25, -0.2) is 8.42 Å². The summed E-state index contributed by atoms with van der Waals surface area (Å²) in [7, 11) is -3.13. The maximum atomic E-state index is 12.9. The zero-order valence-electron chi connectivity index (χ0n) is 18.5. The summed E-state index contributed by atoms with van der Waals surface area (Å²) in [5.74, 6) is -0.446. The van der Waals surface area contributed by atoms with Crippen LogP contribution in [0, 0.1) is 0 Å². The smallest absolute Gasteiger partial charge is 0.306 e. The minimum atomic E-state index is -3.13. The zero-order chi connectivity index (χ0) is 23.1. The molecule has 1 heterocycles.